The predicted octanol–water partition coefficient (Wildman–Crippen LogP) is 6.06. The molecular formula is C25H28Cl2N4O3. The zero-order chi connectivity index (χ0) is 23.9. The first-order chi connectivity index (χ1) is 16.5. The smallest absolute Gasteiger partial charge is 0.226 e. The molecule has 0 radical (unpaired) electrons. The Morgan fingerprint density at radius 3 is 2.56 bits per heavy atom. The minimum Gasteiger partial charge on any atom is -0.493 e. The maximum Gasteiger partial charge on any atom is 0.226 e. The van der Waals surface area contributed by atoms with E-state index in [4.69, 9.17) is 37.4 Å². The number of methoxy groups -OCH3 is 1. The summed E-state index contributed by atoms with van der Waals surface area (Å²) >= 11 is 12.2. The highest BCUT2D eigenvalue weighted by Gasteiger charge is 2.20. The molecule has 1 fully saturated rings. The van der Waals surface area contributed by atoms with Crippen molar-refractivity contribution in [2.45, 2.75) is 32.4 Å². The van der Waals surface area contributed by atoms with E-state index in [-0.39, 0.29) is 0 Å². The van der Waals surface area contributed by atoms with Gasteiger partial charge in [-0.25, -0.2) is 4.98 Å². The van der Waals surface area contributed by atoms with Crippen molar-refractivity contribution in [3.8, 4) is 23.1 Å². The fraction of sp³-hybridized carbons (Fsp3) is 0.360. The molecule has 180 valence electrons. The van der Waals surface area contributed by atoms with Gasteiger partial charge in [0.05, 0.1) is 18.7 Å². The Morgan fingerprint density at radius 2 is 1.82 bits per heavy atom. The summed E-state index contributed by atoms with van der Waals surface area (Å²) < 4.78 is 16.9. The second-order valence-corrected chi connectivity index (χ2v) is 8.85. The SMILES string of the molecule is CCOc1cc(CN2CCC(Nc3nccc(Oc4ccc(Cl)cc4Cl)n3)CC2)ccc1OC. The molecule has 1 saturated heterocycles. The molecule has 0 spiro atoms. The van der Waals surface area contributed by atoms with E-state index in [1.807, 2.05) is 13.0 Å². The summed E-state index contributed by atoms with van der Waals surface area (Å²) in [6.45, 7) is 5.41. The van der Waals surface area contributed by atoms with Gasteiger partial charge in [0.1, 0.15) is 5.75 Å². The first-order valence-electron chi connectivity index (χ1n) is 11.3. The average molecular weight is 503 g/mol. The molecule has 2 heterocycles. The van der Waals surface area contributed by atoms with E-state index in [1.54, 1.807) is 37.6 Å². The Balaban J connectivity index is 1.30. The maximum atomic E-state index is 6.20. The lowest BCUT2D eigenvalue weighted by Crippen LogP contribution is -2.39. The molecule has 0 bridgehead atoms. The molecular weight excluding hydrogens is 475 g/mol. The summed E-state index contributed by atoms with van der Waals surface area (Å²) in [5, 5.41) is 4.42. The second kappa shape index (κ2) is 11.6. The van der Waals surface area contributed by atoms with Crippen molar-refractivity contribution in [2.75, 3.05) is 32.1 Å². The van der Waals surface area contributed by atoms with Crippen LogP contribution in [0.25, 0.3) is 0 Å². The molecule has 1 N–H and O–H groups in total. The standard InChI is InChI=1S/C25H28Cl2N4O3/c1-3-33-23-14-17(4-6-22(23)32-2)16-31-12-9-19(10-13-31)29-25-28-11-8-24(30-25)34-21-7-5-18(26)15-20(21)27/h4-8,11,14-15,19H,3,9-10,12-13,16H2,1-2H3,(H,28,29,30). The van der Waals surface area contributed by atoms with Crippen molar-refractivity contribution in [3.05, 3.63) is 64.3 Å². The summed E-state index contributed by atoms with van der Waals surface area (Å²) in [6.07, 6.45) is 3.65. The summed E-state index contributed by atoms with van der Waals surface area (Å²) in [5.41, 5.74) is 1.21. The minimum atomic E-state index is 0.292. The third-order valence-corrected chi connectivity index (χ3v) is 6.12. The maximum absolute atomic E-state index is 6.20. The normalized spacial score (nSPS) is 14.6. The van der Waals surface area contributed by atoms with Gasteiger partial charge in [0.2, 0.25) is 11.8 Å². The Hall–Kier alpha value is -2.74. The minimum absolute atomic E-state index is 0.292. The molecule has 7 nitrogen and oxygen atoms in total. The Labute approximate surface area is 210 Å². The molecule has 0 saturated carbocycles. The van der Waals surface area contributed by atoms with Crippen molar-refractivity contribution in [2.24, 2.45) is 0 Å². The van der Waals surface area contributed by atoms with Crippen LogP contribution in [0.1, 0.15) is 25.3 Å². The van der Waals surface area contributed by atoms with E-state index in [0.717, 1.165) is 44.0 Å². The third-order valence-electron chi connectivity index (χ3n) is 5.59. The molecule has 2 aromatic carbocycles. The largest absolute Gasteiger partial charge is 0.493 e. The van der Waals surface area contributed by atoms with E-state index in [2.05, 4.69) is 32.3 Å². The second-order valence-electron chi connectivity index (χ2n) is 8.01. The molecule has 1 aromatic heterocycles. The number of hydrogen-bond acceptors (Lipinski definition) is 7. The van der Waals surface area contributed by atoms with Crippen molar-refractivity contribution in [3.63, 3.8) is 0 Å². The van der Waals surface area contributed by atoms with Gasteiger partial charge in [0.15, 0.2) is 11.5 Å². The van der Waals surface area contributed by atoms with Crippen LogP contribution in [0.3, 0.4) is 0 Å². The van der Waals surface area contributed by atoms with Gasteiger partial charge in [-0.1, -0.05) is 29.3 Å². The van der Waals surface area contributed by atoms with Crippen LogP contribution in [0.15, 0.2) is 48.7 Å². The zero-order valence-electron chi connectivity index (χ0n) is 19.3. The molecule has 3 aromatic rings. The third kappa shape index (κ3) is 6.44. The van der Waals surface area contributed by atoms with E-state index in [1.165, 1.54) is 5.56 Å². The predicted molar refractivity (Wildman–Crippen MR) is 135 cm³/mol. The number of ether oxygens (including phenoxy) is 3. The number of halogens is 2. The Kier molecular flexibility index (Phi) is 8.32. The number of benzene rings is 2. The molecule has 0 unspecified atom stereocenters. The molecule has 1 aliphatic heterocycles. The lowest BCUT2D eigenvalue weighted by Gasteiger charge is -2.32. The number of rotatable bonds is 9. The number of anilines is 1. The number of likely N-dealkylation sites (tertiary alicyclic amines) is 1. The molecule has 9 heteroatoms. The average Bonchev–Trinajstić information content (AvgIpc) is 2.83. The Morgan fingerprint density at radius 1 is 1.03 bits per heavy atom. The van der Waals surface area contributed by atoms with Gasteiger partial charge in [0, 0.05) is 43.0 Å². The molecule has 34 heavy (non-hydrogen) atoms. The molecule has 0 aliphatic carbocycles. The highest BCUT2D eigenvalue weighted by atomic mass is 35.5. The summed E-state index contributed by atoms with van der Waals surface area (Å²) in [7, 11) is 1.66. The highest BCUT2D eigenvalue weighted by Crippen LogP contribution is 2.31. The van der Waals surface area contributed by atoms with Crippen LogP contribution in [-0.4, -0.2) is 47.7 Å². The van der Waals surface area contributed by atoms with Gasteiger partial charge >= 0.3 is 0 Å². The van der Waals surface area contributed by atoms with Gasteiger partial charge in [0.25, 0.3) is 0 Å². The topological polar surface area (TPSA) is 68.7 Å². The number of aromatic nitrogens is 2. The molecule has 0 atom stereocenters. The fourth-order valence-electron chi connectivity index (χ4n) is 3.90. The summed E-state index contributed by atoms with van der Waals surface area (Å²) in [6, 6.07) is 13.2. The van der Waals surface area contributed by atoms with E-state index in [0.29, 0.717) is 40.3 Å². The monoisotopic (exact) mass is 502 g/mol. The summed E-state index contributed by atoms with van der Waals surface area (Å²) in [5.74, 6) is 3.01. The first kappa shape index (κ1) is 24.4. The lowest BCUT2D eigenvalue weighted by molar-refractivity contribution is 0.210. The van der Waals surface area contributed by atoms with Crippen LogP contribution in [0, 0.1) is 0 Å². The molecule has 0 amide bonds. The lowest BCUT2D eigenvalue weighted by atomic mass is 10.0. The van der Waals surface area contributed by atoms with Crippen molar-refractivity contribution in [1.29, 1.82) is 0 Å². The van der Waals surface area contributed by atoms with Gasteiger partial charge in [-0.15, -0.1) is 0 Å². The Bertz CT molecular complexity index is 1110. The van der Waals surface area contributed by atoms with Crippen LogP contribution < -0.4 is 19.5 Å². The van der Waals surface area contributed by atoms with Crippen LogP contribution in [-0.2, 0) is 6.54 Å². The molecule has 1 aliphatic rings. The first-order valence-corrected chi connectivity index (χ1v) is 12.0. The van der Waals surface area contributed by atoms with Gasteiger partial charge in [-0.3, -0.25) is 4.90 Å². The fourth-order valence-corrected chi connectivity index (χ4v) is 4.35. The van der Waals surface area contributed by atoms with Crippen molar-refractivity contribution >= 4 is 29.2 Å². The number of piperidine rings is 1. The highest BCUT2D eigenvalue weighted by molar-refractivity contribution is 6.35. The van der Waals surface area contributed by atoms with Gasteiger partial charge < -0.3 is 19.5 Å². The number of hydrogen-bond donors (Lipinski definition) is 1. The van der Waals surface area contributed by atoms with E-state index in [9.17, 15) is 0 Å². The van der Waals surface area contributed by atoms with Crippen LogP contribution in [0.4, 0.5) is 5.95 Å². The number of nitrogens with one attached hydrogen (secondary N) is 1. The van der Waals surface area contributed by atoms with E-state index >= 15 is 0 Å². The van der Waals surface area contributed by atoms with Crippen LogP contribution >= 0.6 is 23.2 Å². The molecule has 4 rings (SSSR count). The van der Waals surface area contributed by atoms with Crippen LogP contribution in [0.2, 0.25) is 10.0 Å². The quantitative estimate of drug-likeness (QED) is 0.381. The summed E-state index contributed by atoms with van der Waals surface area (Å²) in [4.78, 5) is 11.3. The van der Waals surface area contributed by atoms with E-state index < -0.39 is 0 Å². The van der Waals surface area contributed by atoms with Gasteiger partial charge in [-0.2, -0.15) is 4.98 Å². The van der Waals surface area contributed by atoms with Crippen molar-refractivity contribution in [1.82, 2.24) is 14.9 Å². The van der Waals surface area contributed by atoms with Crippen molar-refractivity contribution < 1.29 is 14.2 Å². The van der Waals surface area contributed by atoms with Gasteiger partial charge in [-0.05, 0) is 55.7 Å². The van der Waals surface area contributed by atoms with Crippen LogP contribution in [0.5, 0.6) is 23.1 Å². The zero-order valence-corrected chi connectivity index (χ0v) is 20.8. The number of nitrogens with zero attached hydrogens (tertiary/aromatic N) is 3.